The van der Waals surface area contributed by atoms with E-state index in [9.17, 15) is 9.59 Å². The van der Waals surface area contributed by atoms with Crippen molar-refractivity contribution in [1.29, 1.82) is 0 Å². The van der Waals surface area contributed by atoms with E-state index >= 15 is 0 Å². The van der Waals surface area contributed by atoms with Gasteiger partial charge in [0.15, 0.2) is 0 Å². The van der Waals surface area contributed by atoms with Crippen LogP contribution in [0, 0.1) is 11.3 Å². The van der Waals surface area contributed by atoms with Gasteiger partial charge in [-0.25, -0.2) is 0 Å². The molecule has 0 spiro atoms. The number of hydrogen-bond acceptors (Lipinski definition) is 3. The number of hydrogen-bond donors (Lipinski definition) is 1. The number of ether oxygens (including phenoxy) is 1. The molecule has 0 unspecified atom stereocenters. The Bertz CT molecular complexity index is 346. The van der Waals surface area contributed by atoms with Crippen LogP contribution in [0.5, 0.6) is 0 Å². The van der Waals surface area contributed by atoms with E-state index in [2.05, 4.69) is 33.0 Å². The van der Waals surface area contributed by atoms with Crippen LogP contribution in [0.15, 0.2) is 0 Å². The standard InChI is InChI=1S/C17H33NO3/c1-8-21-17(6,7)11-16(4,5)12-18-15(20)10-9-14(19)13(2)3/h13H,8-12H2,1-7H3,(H,18,20). The van der Waals surface area contributed by atoms with Crippen molar-refractivity contribution < 1.29 is 14.3 Å². The van der Waals surface area contributed by atoms with Crippen LogP contribution < -0.4 is 5.32 Å². The van der Waals surface area contributed by atoms with E-state index in [0.717, 1.165) is 6.42 Å². The van der Waals surface area contributed by atoms with Gasteiger partial charge in [0.25, 0.3) is 0 Å². The minimum atomic E-state index is -0.198. The molecule has 0 radical (unpaired) electrons. The highest BCUT2D eigenvalue weighted by atomic mass is 16.5. The van der Waals surface area contributed by atoms with E-state index in [1.54, 1.807) is 0 Å². The summed E-state index contributed by atoms with van der Waals surface area (Å²) in [4.78, 5) is 23.3. The zero-order valence-corrected chi connectivity index (χ0v) is 14.8. The average Bonchev–Trinajstić information content (AvgIpc) is 2.31. The van der Waals surface area contributed by atoms with Crippen LogP contribution in [0.3, 0.4) is 0 Å². The number of Topliss-reactive ketones (excluding diaryl/α,β-unsaturated/α-hetero) is 1. The lowest BCUT2D eigenvalue weighted by Gasteiger charge is -2.35. The van der Waals surface area contributed by atoms with Crippen molar-refractivity contribution in [1.82, 2.24) is 5.32 Å². The number of ketones is 1. The summed E-state index contributed by atoms with van der Waals surface area (Å²) in [6.07, 6.45) is 1.47. The summed E-state index contributed by atoms with van der Waals surface area (Å²) < 4.78 is 5.72. The number of rotatable bonds is 10. The Morgan fingerprint density at radius 1 is 1.10 bits per heavy atom. The molecule has 21 heavy (non-hydrogen) atoms. The van der Waals surface area contributed by atoms with Gasteiger partial charge in [0.2, 0.25) is 5.91 Å². The summed E-state index contributed by atoms with van der Waals surface area (Å²) in [5.41, 5.74) is -0.243. The van der Waals surface area contributed by atoms with Gasteiger partial charge in [-0.05, 0) is 32.6 Å². The number of carbonyl (C=O) groups is 2. The third-order valence-corrected chi connectivity index (χ3v) is 3.45. The Kier molecular flexibility index (Phi) is 8.16. The first-order chi connectivity index (χ1) is 9.49. The maximum atomic E-state index is 11.8. The Hall–Kier alpha value is -0.900. The van der Waals surface area contributed by atoms with E-state index in [4.69, 9.17) is 4.74 Å². The molecule has 1 N–H and O–H groups in total. The van der Waals surface area contributed by atoms with E-state index < -0.39 is 0 Å². The molecule has 0 rings (SSSR count). The predicted octanol–water partition coefficient (Wildman–Crippen LogP) is 3.34. The van der Waals surface area contributed by atoms with Crippen molar-refractivity contribution in [2.75, 3.05) is 13.2 Å². The van der Waals surface area contributed by atoms with Gasteiger partial charge in [-0.1, -0.05) is 27.7 Å². The molecule has 0 aliphatic heterocycles. The first-order valence-electron chi connectivity index (χ1n) is 7.92. The van der Waals surface area contributed by atoms with Gasteiger partial charge in [0.1, 0.15) is 5.78 Å². The third-order valence-electron chi connectivity index (χ3n) is 3.45. The lowest BCUT2D eigenvalue weighted by Crippen LogP contribution is -2.39. The molecule has 0 aromatic carbocycles. The zero-order chi connectivity index (χ0) is 16.7. The summed E-state index contributed by atoms with van der Waals surface area (Å²) in [5, 5.41) is 2.94. The van der Waals surface area contributed by atoms with Crippen LogP contribution in [0.1, 0.15) is 67.7 Å². The molecular weight excluding hydrogens is 266 g/mol. The highest BCUT2D eigenvalue weighted by Gasteiger charge is 2.29. The fraction of sp³-hybridized carbons (Fsp3) is 0.882. The Morgan fingerprint density at radius 2 is 1.67 bits per heavy atom. The van der Waals surface area contributed by atoms with E-state index in [-0.39, 0.29) is 35.0 Å². The van der Waals surface area contributed by atoms with E-state index in [1.165, 1.54) is 0 Å². The quantitative estimate of drug-likeness (QED) is 0.673. The van der Waals surface area contributed by atoms with Crippen LogP contribution in [-0.2, 0) is 14.3 Å². The molecular formula is C17H33NO3. The lowest BCUT2D eigenvalue weighted by atomic mass is 9.81. The van der Waals surface area contributed by atoms with Crippen molar-refractivity contribution in [2.24, 2.45) is 11.3 Å². The highest BCUT2D eigenvalue weighted by Crippen LogP contribution is 2.29. The van der Waals surface area contributed by atoms with Crippen LogP contribution in [0.25, 0.3) is 0 Å². The molecule has 0 aromatic heterocycles. The molecule has 0 heterocycles. The zero-order valence-electron chi connectivity index (χ0n) is 14.8. The van der Waals surface area contributed by atoms with Gasteiger partial charge in [-0.2, -0.15) is 0 Å². The lowest BCUT2D eigenvalue weighted by molar-refractivity contribution is -0.127. The molecule has 0 bridgehead atoms. The number of carbonyl (C=O) groups excluding carboxylic acids is 2. The van der Waals surface area contributed by atoms with Gasteiger partial charge in [-0.15, -0.1) is 0 Å². The molecule has 124 valence electrons. The minimum absolute atomic E-state index is 0.00114. The normalized spacial score (nSPS) is 12.6. The van der Waals surface area contributed by atoms with Gasteiger partial charge >= 0.3 is 0 Å². The number of nitrogens with one attached hydrogen (secondary N) is 1. The first-order valence-corrected chi connectivity index (χ1v) is 7.92. The van der Waals surface area contributed by atoms with Crippen molar-refractivity contribution >= 4 is 11.7 Å². The average molecular weight is 299 g/mol. The van der Waals surface area contributed by atoms with Crippen LogP contribution in [-0.4, -0.2) is 30.4 Å². The SMILES string of the molecule is CCOC(C)(C)CC(C)(C)CNC(=O)CCC(=O)C(C)C. The maximum absolute atomic E-state index is 11.8. The molecule has 0 atom stereocenters. The summed E-state index contributed by atoms with van der Waals surface area (Å²) in [5.74, 6) is 0.0920. The molecule has 4 heteroatoms. The summed E-state index contributed by atoms with van der Waals surface area (Å²) >= 11 is 0. The largest absolute Gasteiger partial charge is 0.376 e. The molecule has 4 nitrogen and oxygen atoms in total. The topological polar surface area (TPSA) is 55.4 Å². The fourth-order valence-electron chi connectivity index (χ4n) is 2.61. The molecule has 0 aliphatic rings. The number of amides is 1. The second-order valence-electron chi connectivity index (χ2n) is 7.43. The van der Waals surface area contributed by atoms with Gasteiger partial charge in [-0.3, -0.25) is 9.59 Å². The maximum Gasteiger partial charge on any atom is 0.220 e. The minimum Gasteiger partial charge on any atom is -0.376 e. The van der Waals surface area contributed by atoms with Crippen LogP contribution in [0.4, 0.5) is 0 Å². The summed E-state index contributed by atoms with van der Waals surface area (Å²) in [7, 11) is 0. The van der Waals surface area contributed by atoms with Crippen molar-refractivity contribution in [2.45, 2.75) is 73.3 Å². The van der Waals surface area contributed by atoms with Crippen LogP contribution in [0.2, 0.25) is 0 Å². The van der Waals surface area contributed by atoms with E-state index in [1.807, 2.05) is 20.8 Å². The van der Waals surface area contributed by atoms with Crippen molar-refractivity contribution in [3.63, 3.8) is 0 Å². The summed E-state index contributed by atoms with van der Waals surface area (Å²) in [6.45, 7) is 15.4. The molecule has 0 aliphatic carbocycles. The van der Waals surface area contributed by atoms with Gasteiger partial charge < -0.3 is 10.1 Å². The Balaban J connectivity index is 4.18. The predicted molar refractivity (Wildman–Crippen MR) is 86.2 cm³/mol. The smallest absolute Gasteiger partial charge is 0.220 e. The fourth-order valence-corrected chi connectivity index (χ4v) is 2.61. The molecule has 0 fully saturated rings. The van der Waals surface area contributed by atoms with Gasteiger partial charge in [0.05, 0.1) is 5.60 Å². The Morgan fingerprint density at radius 3 is 2.14 bits per heavy atom. The highest BCUT2D eigenvalue weighted by molar-refractivity contribution is 5.85. The molecule has 0 saturated heterocycles. The van der Waals surface area contributed by atoms with Crippen LogP contribution >= 0.6 is 0 Å². The molecule has 1 amide bonds. The van der Waals surface area contributed by atoms with E-state index in [0.29, 0.717) is 19.6 Å². The van der Waals surface area contributed by atoms with Crippen molar-refractivity contribution in [3.8, 4) is 0 Å². The monoisotopic (exact) mass is 299 g/mol. The molecule has 0 aromatic rings. The first kappa shape index (κ1) is 20.1. The Labute approximate surface area is 130 Å². The second kappa shape index (κ2) is 8.52. The molecule has 0 saturated carbocycles. The summed E-state index contributed by atoms with van der Waals surface area (Å²) in [6, 6.07) is 0. The van der Waals surface area contributed by atoms with Crippen molar-refractivity contribution in [3.05, 3.63) is 0 Å². The second-order valence-corrected chi connectivity index (χ2v) is 7.43. The third kappa shape index (κ3) is 9.62. The van der Waals surface area contributed by atoms with Gasteiger partial charge in [0, 0.05) is 31.9 Å².